The fourth-order valence-electron chi connectivity index (χ4n) is 1.76. The Morgan fingerprint density at radius 2 is 1.86 bits per heavy atom. The number of anilines is 1. The van der Waals surface area contributed by atoms with E-state index in [1.54, 1.807) is 25.1 Å². The van der Waals surface area contributed by atoms with Crippen LogP contribution < -0.4 is 10.1 Å². The van der Waals surface area contributed by atoms with E-state index in [0.717, 1.165) is 0 Å². The molecule has 0 aliphatic carbocycles. The Hall–Kier alpha value is -1.95. The molecule has 1 unspecified atom stereocenters. The van der Waals surface area contributed by atoms with Crippen molar-refractivity contribution in [2.45, 2.75) is 32.9 Å². The number of halogens is 2. The highest BCUT2D eigenvalue weighted by Crippen LogP contribution is 2.21. The molecule has 2 rings (SSSR count). The highest BCUT2D eigenvalue weighted by Gasteiger charge is 2.13. The molecule has 0 spiro atoms. The minimum Gasteiger partial charge on any atom is -0.461 e. The highest BCUT2D eigenvalue weighted by molar-refractivity contribution is 6.28. The molecule has 7 heteroatoms. The molecule has 0 aliphatic heterocycles. The average molecular weight is 311 g/mol. The number of aromatic nitrogens is 3. The first-order valence-corrected chi connectivity index (χ1v) is 6.92. The van der Waals surface area contributed by atoms with E-state index >= 15 is 0 Å². The Labute approximate surface area is 127 Å². The van der Waals surface area contributed by atoms with Gasteiger partial charge in [-0.1, -0.05) is 18.2 Å². The lowest BCUT2D eigenvalue weighted by atomic mass is 10.1. The van der Waals surface area contributed by atoms with Crippen LogP contribution in [0.5, 0.6) is 6.01 Å². The molecule has 1 N–H and O–H groups in total. The van der Waals surface area contributed by atoms with Crippen LogP contribution in [0.15, 0.2) is 24.3 Å². The zero-order valence-electron chi connectivity index (χ0n) is 12.0. The highest BCUT2D eigenvalue weighted by atomic mass is 35.5. The minimum atomic E-state index is -0.323. The molecular weight excluding hydrogens is 295 g/mol. The van der Waals surface area contributed by atoms with Gasteiger partial charge in [0.2, 0.25) is 11.2 Å². The molecule has 0 saturated heterocycles. The van der Waals surface area contributed by atoms with Crippen LogP contribution in [0.1, 0.15) is 32.4 Å². The van der Waals surface area contributed by atoms with Crippen molar-refractivity contribution in [2.24, 2.45) is 0 Å². The first kappa shape index (κ1) is 15.4. The molecule has 0 aliphatic rings. The van der Waals surface area contributed by atoms with Crippen molar-refractivity contribution in [2.75, 3.05) is 5.32 Å². The van der Waals surface area contributed by atoms with Crippen LogP contribution in [0.3, 0.4) is 0 Å². The Bertz CT molecular complexity index is 624. The first-order valence-electron chi connectivity index (χ1n) is 6.55. The van der Waals surface area contributed by atoms with Crippen molar-refractivity contribution in [1.82, 2.24) is 15.0 Å². The topological polar surface area (TPSA) is 59.9 Å². The SMILES string of the molecule is CC(C)Oc1nc(Cl)nc(NC(C)c2ccccc2F)n1. The van der Waals surface area contributed by atoms with Crippen molar-refractivity contribution >= 4 is 17.5 Å². The summed E-state index contributed by atoms with van der Waals surface area (Å²) in [5, 5.41) is 3.00. The second kappa shape index (κ2) is 6.67. The summed E-state index contributed by atoms with van der Waals surface area (Å²) in [4.78, 5) is 12.0. The molecule has 0 saturated carbocycles. The monoisotopic (exact) mass is 310 g/mol. The molecule has 1 atom stereocenters. The molecule has 0 fully saturated rings. The Morgan fingerprint density at radius 3 is 2.52 bits per heavy atom. The summed E-state index contributed by atoms with van der Waals surface area (Å²) in [6.45, 7) is 5.51. The number of nitrogens with one attached hydrogen (secondary N) is 1. The molecular formula is C14H16ClFN4O. The van der Waals surface area contributed by atoms with Gasteiger partial charge < -0.3 is 10.1 Å². The van der Waals surface area contributed by atoms with Gasteiger partial charge in [-0.05, 0) is 38.4 Å². The van der Waals surface area contributed by atoms with Crippen molar-refractivity contribution in [1.29, 1.82) is 0 Å². The molecule has 2 aromatic rings. The summed E-state index contributed by atoms with van der Waals surface area (Å²) in [6.07, 6.45) is -0.0830. The largest absolute Gasteiger partial charge is 0.461 e. The molecule has 0 radical (unpaired) electrons. The Morgan fingerprint density at radius 1 is 1.14 bits per heavy atom. The van der Waals surface area contributed by atoms with Gasteiger partial charge in [-0.2, -0.15) is 15.0 Å². The zero-order chi connectivity index (χ0) is 15.4. The molecule has 1 heterocycles. The van der Waals surface area contributed by atoms with Gasteiger partial charge in [-0.3, -0.25) is 0 Å². The summed E-state index contributed by atoms with van der Waals surface area (Å²) in [6, 6.07) is 6.32. The van der Waals surface area contributed by atoms with E-state index in [0.29, 0.717) is 5.56 Å². The lowest BCUT2D eigenvalue weighted by Gasteiger charge is -2.15. The van der Waals surface area contributed by atoms with E-state index in [1.807, 2.05) is 13.8 Å². The zero-order valence-corrected chi connectivity index (χ0v) is 12.7. The van der Waals surface area contributed by atoms with Crippen LogP contribution in [0.4, 0.5) is 10.3 Å². The normalized spacial score (nSPS) is 12.3. The van der Waals surface area contributed by atoms with Gasteiger partial charge in [-0.25, -0.2) is 4.39 Å². The standard InChI is InChI=1S/C14H16ClFN4O/c1-8(2)21-14-19-12(15)18-13(20-14)17-9(3)10-6-4-5-7-11(10)16/h4-9H,1-3H3,(H,17,18,19,20). The number of nitrogens with zero attached hydrogens (tertiary/aromatic N) is 3. The van der Waals surface area contributed by atoms with Crippen molar-refractivity contribution in [3.05, 3.63) is 40.9 Å². The number of rotatable bonds is 5. The van der Waals surface area contributed by atoms with Gasteiger partial charge in [0.15, 0.2) is 0 Å². The van der Waals surface area contributed by atoms with Crippen molar-refractivity contribution in [3.63, 3.8) is 0 Å². The van der Waals surface area contributed by atoms with Crippen molar-refractivity contribution in [3.8, 4) is 6.01 Å². The molecule has 0 bridgehead atoms. The molecule has 1 aromatic heterocycles. The third-order valence-electron chi connectivity index (χ3n) is 2.65. The third-order valence-corrected chi connectivity index (χ3v) is 2.82. The van der Waals surface area contributed by atoms with Crippen LogP contribution >= 0.6 is 11.6 Å². The maximum Gasteiger partial charge on any atom is 0.322 e. The van der Waals surface area contributed by atoms with E-state index in [9.17, 15) is 4.39 Å². The average Bonchev–Trinajstić information content (AvgIpc) is 2.37. The van der Waals surface area contributed by atoms with E-state index < -0.39 is 0 Å². The summed E-state index contributed by atoms with van der Waals surface area (Å²) in [5.74, 6) is -0.0577. The summed E-state index contributed by atoms with van der Waals surface area (Å²) >= 11 is 5.84. The van der Waals surface area contributed by atoms with Crippen LogP contribution in [-0.2, 0) is 0 Å². The van der Waals surface area contributed by atoms with Crippen LogP contribution in [-0.4, -0.2) is 21.1 Å². The maximum atomic E-state index is 13.7. The molecule has 5 nitrogen and oxygen atoms in total. The number of benzene rings is 1. The van der Waals surface area contributed by atoms with Crippen LogP contribution in [0.2, 0.25) is 5.28 Å². The molecule has 112 valence electrons. The Kier molecular flexibility index (Phi) is 4.90. The minimum absolute atomic E-state index is 0.0175. The molecule has 1 aromatic carbocycles. The van der Waals surface area contributed by atoms with E-state index in [-0.39, 0.29) is 35.2 Å². The van der Waals surface area contributed by atoms with Gasteiger partial charge in [0.25, 0.3) is 0 Å². The predicted octanol–water partition coefficient (Wildman–Crippen LogP) is 3.62. The van der Waals surface area contributed by atoms with Gasteiger partial charge in [-0.15, -0.1) is 0 Å². The second-order valence-electron chi connectivity index (χ2n) is 4.76. The van der Waals surface area contributed by atoms with E-state index in [2.05, 4.69) is 20.3 Å². The van der Waals surface area contributed by atoms with Gasteiger partial charge in [0, 0.05) is 5.56 Å². The second-order valence-corrected chi connectivity index (χ2v) is 5.10. The quantitative estimate of drug-likeness (QED) is 0.914. The lowest BCUT2D eigenvalue weighted by molar-refractivity contribution is 0.222. The summed E-state index contributed by atoms with van der Waals surface area (Å²) in [5.41, 5.74) is 0.514. The van der Waals surface area contributed by atoms with Crippen molar-refractivity contribution < 1.29 is 9.13 Å². The number of ether oxygens (including phenoxy) is 1. The number of hydrogen-bond acceptors (Lipinski definition) is 5. The first-order chi connectivity index (χ1) is 9.95. The lowest BCUT2D eigenvalue weighted by Crippen LogP contribution is -2.14. The van der Waals surface area contributed by atoms with E-state index in [1.165, 1.54) is 6.07 Å². The summed E-state index contributed by atoms with van der Waals surface area (Å²) in [7, 11) is 0. The van der Waals surface area contributed by atoms with Crippen LogP contribution in [0.25, 0.3) is 0 Å². The maximum absolute atomic E-state index is 13.7. The molecule has 21 heavy (non-hydrogen) atoms. The molecule has 0 amide bonds. The fraction of sp³-hybridized carbons (Fsp3) is 0.357. The van der Waals surface area contributed by atoms with Gasteiger partial charge in [0.05, 0.1) is 12.1 Å². The predicted molar refractivity (Wildman–Crippen MR) is 79.0 cm³/mol. The third kappa shape index (κ3) is 4.26. The number of hydrogen-bond donors (Lipinski definition) is 1. The Balaban J connectivity index is 2.19. The van der Waals surface area contributed by atoms with Gasteiger partial charge >= 0.3 is 6.01 Å². The van der Waals surface area contributed by atoms with Crippen LogP contribution in [0, 0.1) is 5.82 Å². The summed E-state index contributed by atoms with van der Waals surface area (Å²) < 4.78 is 19.1. The fourth-order valence-corrected chi connectivity index (χ4v) is 1.91. The van der Waals surface area contributed by atoms with E-state index in [4.69, 9.17) is 16.3 Å². The van der Waals surface area contributed by atoms with Gasteiger partial charge in [0.1, 0.15) is 5.82 Å². The smallest absolute Gasteiger partial charge is 0.322 e.